The fourth-order valence-electron chi connectivity index (χ4n) is 1.44. The largest absolute Gasteiger partial charge is 0.477 e. The van der Waals surface area contributed by atoms with Gasteiger partial charge in [0, 0.05) is 0 Å². The maximum Gasteiger partial charge on any atom is 0.341 e. The van der Waals surface area contributed by atoms with E-state index in [1.54, 1.807) is 0 Å². The number of methoxy groups -OCH3 is 1. The lowest BCUT2D eigenvalue weighted by molar-refractivity contribution is -0.142. The molecule has 1 atom stereocenters. The zero-order valence-corrected chi connectivity index (χ0v) is 9.44. The van der Waals surface area contributed by atoms with Crippen molar-refractivity contribution >= 4 is 11.9 Å². The number of ether oxygens (including phenoxy) is 1. The maximum atomic E-state index is 13.3. The van der Waals surface area contributed by atoms with Crippen LogP contribution in [0.2, 0.25) is 0 Å². The van der Waals surface area contributed by atoms with E-state index in [0.717, 1.165) is 19.2 Å². The van der Waals surface area contributed by atoms with Crippen molar-refractivity contribution in [2.75, 3.05) is 7.11 Å². The van der Waals surface area contributed by atoms with Crippen molar-refractivity contribution in [2.24, 2.45) is 5.73 Å². The summed E-state index contributed by atoms with van der Waals surface area (Å²) < 4.78 is 31.0. The Balaban J connectivity index is 3.00. The zero-order chi connectivity index (χ0) is 13.9. The van der Waals surface area contributed by atoms with Gasteiger partial charge in [-0.05, 0) is 24.1 Å². The molecule has 1 aromatic carbocycles. The third-order valence-electron chi connectivity index (χ3n) is 2.28. The zero-order valence-electron chi connectivity index (χ0n) is 9.44. The van der Waals surface area contributed by atoms with Crippen molar-refractivity contribution in [3.63, 3.8) is 0 Å². The van der Waals surface area contributed by atoms with Crippen molar-refractivity contribution in [1.29, 1.82) is 0 Å². The van der Waals surface area contributed by atoms with Crippen molar-refractivity contribution < 1.29 is 28.2 Å². The summed E-state index contributed by atoms with van der Waals surface area (Å²) in [4.78, 5) is 21.6. The van der Waals surface area contributed by atoms with Crippen LogP contribution in [0.25, 0.3) is 0 Å². The fourth-order valence-corrected chi connectivity index (χ4v) is 1.44. The highest BCUT2D eigenvalue weighted by molar-refractivity contribution is 5.88. The van der Waals surface area contributed by atoms with Gasteiger partial charge >= 0.3 is 11.9 Å². The summed E-state index contributed by atoms with van der Waals surface area (Å²) in [7, 11) is 1.14. The van der Waals surface area contributed by atoms with Gasteiger partial charge in [-0.15, -0.1) is 0 Å². The summed E-state index contributed by atoms with van der Waals surface area (Å²) in [5, 5.41) is 8.57. The van der Waals surface area contributed by atoms with Crippen LogP contribution in [0.4, 0.5) is 8.78 Å². The van der Waals surface area contributed by atoms with Crippen molar-refractivity contribution in [1.82, 2.24) is 0 Å². The summed E-state index contributed by atoms with van der Waals surface area (Å²) in [5.74, 6) is -4.85. The highest BCUT2D eigenvalue weighted by atomic mass is 19.1. The SMILES string of the molecule is COC(=O)[C@H](N)Cc1cc(F)c(C(=O)O)c(F)c1. The second-order valence-electron chi connectivity index (χ2n) is 3.57. The molecular weight excluding hydrogens is 248 g/mol. The first-order valence-electron chi connectivity index (χ1n) is 4.91. The highest BCUT2D eigenvalue weighted by Crippen LogP contribution is 2.16. The van der Waals surface area contributed by atoms with Crippen LogP contribution in [-0.2, 0) is 16.0 Å². The Morgan fingerprint density at radius 3 is 2.28 bits per heavy atom. The normalized spacial score (nSPS) is 12.0. The van der Waals surface area contributed by atoms with Crippen molar-refractivity contribution in [2.45, 2.75) is 12.5 Å². The van der Waals surface area contributed by atoms with Gasteiger partial charge in [0.15, 0.2) is 0 Å². The molecule has 0 amide bonds. The average Bonchev–Trinajstić information content (AvgIpc) is 2.26. The molecule has 0 aliphatic carbocycles. The van der Waals surface area contributed by atoms with Gasteiger partial charge in [-0.25, -0.2) is 13.6 Å². The molecule has 0 aliphatic rings. The summed E-state index contributed by atoms with van der Waals surface area (Å²) in [6.45, 7) is 0. The summed E-state index contributed by atoms with van der Waals surface area (Å²) in [5.41, 5.74) is 4.46. The van der Waals surface area contributed by atoms with E-state index < -0.39 is 35.2 Å². The van der Waals surface area contributed by atoms with Crippen LogP contribution in [0.1, 0.15) is 15.9 Å². The molecule has 0 aromatic heterocycles. The van der Waals surface area contributed by atoms with E-state index in [0.29, 0.717) is 0 Å². The van der Waals surface area contributed by atoms with Crippen LogP contribution in [0.15, 0.2) is 12.1 Å². The highest BCUT2D eigenvalue weighted by Gasteiger charge is 2.20. The minimum absolute atomic E-state index is 0.0768. The lowest BCUT2D eigenvalue weighted by Gasteiger charge is -2.10. The Morgan fingerprint density at radius 2 is 1.89 bits per heavy atom. The lowest BCUT2D eigenvalue weighted by atomic mass is 10.0. The first-order valence-corrected chi connectivity index (χ1v) is 4.91. The van der Waals surface area contributed by atoms with Crippen LogP contribution in [0.3, 0.4) is 0 Å². The number of carboxylic acid groups (broad SMARTS) is 1. The van der Waals surface area contributed by atoms with Gasteiger partial charge in [0.25, 0.3) is 0 Å². The molecule has 0 spiro atoms. The molecule has 1 rings (SSSR count). The van der Waals surface area contributed by atoms with Crippen LogP contribution in [-0.4, -0.2) is 30.2 Å². The van der Waals surface area contributed by atoms with E-state index >= 15 is 0 Å². The number of halogens is 2. The number of rotatable bonds is 4. The van der Waals surface area contributed by atoms with E-state index in [-0.39, 0.29) is 12.0 Å². The van der Waals surface area contributed by atoms with E-state index in [2.05, 4.69) is 4.74 Å². The third kappa shape index (κ3) is 3.01. The summed E-state index contributed by atoms with van der Waals surface area (Å²) >= 11 is 0. The molecule has 7 heteroatoms. The molecule has 3 N–H and O–H groups in total. The van der Waals surface area contributed by atoms with Gasteiger partial charge in [-0.1, -0.05) is 0 Å². The molecule has 0 radical (unpaired) electrons. The van der Waals surface area contributed by atoms with Crippen LogP contribution in [0.5, 0.6) is 0 Å². The summed E-state index contributed by atoms with van der Waals surface area (Å²) in [6, 6.07) is 0.592. The minimum Gasteiger partial charge on any atom is -0.477 e. The summed E-state index contributed by atoms with van der Waals surface area (Å²) in [6.07, 6.45) is -0.152. The number of carbonyl (C=O) groups excluding carboxylic acids is 1. The quantitative estimate of drug-likeness (QED) is 0.777. The molecule has 0 aliphatic heterocycles. The van der Waals surface area contributed by atoms with E-state index in [9.17, 15) is 18.4 Å². The number of esters is 1. The second kappa shape index (κ2) is 5.54. The second-order valence-corrected chi connectivity index (χ2v) is 3.57. The van der Waals surface area contributed by atoms with Crippen LogP contribution in [0, 0.1) is 11.6 Å². The Labute approximate surface area is 101 Å². The number of carbonyl (C=O) groups is 2. The first kappa shape index (κ1) is 14.0. The maximum absolute atomic E-state index is 13.3. The minimum atomic E-state index is -1.70. The van der Waals surface area contributed by atoms with Gasteiger partial charge in [-0.2, -0.15) is 0 Å². The molecule has 0 unspecified atom stereocenters. The third-order valence-corrected chi connectivity index (χ3v) is 2.28. The molecule has 0 bridgehead atoms. The Morgan fingerprint density at radius 1 is 1.39 bits per heavy atom. The Kier molecular flexibility index (Phi) is 4.33. The molecule has 0 saturated carbocycles. The predicted octanol–water partition coefficient (Wildman–Crippen LogP) is 0.706. The molecule has 0 heterocycles. The predicted molar refractivity (Wildman–Crippen MR) is 57.0 cm³/mol. The standard InChI is InChI=1S/C11H11F2NO4/c1-18-11(17)8(14)4-5-2-6(12)9(10(15)16)7(13)3-5/h2-3,8H,4,14H2,1H3,(H,15,16)/t8-/m1/s1. The number of hydrogen-bond donors (Lipinski definition) is 2. The number of carboxylic acids is 1. The van der Waals surface area contributed by atoms with E-state index in [1.807, 2.05) is 0 Å². The molecule has 0 saturated heterocycles. The van der Waals surface area contributed by atoms with Crippen molar-refractivity contribution in [3.05, 3.63) is 34.9 Å². The Hall–Kier alpha value is -2.02. The lowest BCUT2D eigenvalue weighted by Crippen LogP contribution is -2.33. The van der Waals surface area contributed by atoms with E-state index in [4.69, 9.17) is 10.8 Å². The number of nitrogens with two attached hydrogens (primary N) is 1. The molecule has 5 nitrogen and oxygen atoms in total. The number of aromatic carboxylic acids is 1. The number of hydrogen-bond acceptors (Lipinski definition) is 4. The molecule has 98 valence electrons. The number of benzene rings is 1. The molecule has 18 heavy (non-hydrogen) atoms. The van der Waals surface area contributed by atoms with Gasteiger partial charge in [-0.3, -0.25) is 4.79 Å². The van der Waals surface area contributed by atoms with Gasteiger partial charge in [0.05, 0.1) is 7.11 Å². The monoisotopic (exact) mass is 259 g/mol. The smallest absolute Gasteiger partial charge is 0.341 e. The first-order chi connectivity index (χ1) is 8.36. The van der Waals surface area contributed by atoms with E-state index in [1.165, 1.54) is 0 Å². The van der Waals surface area contributed by atoms with Crippen LogP contribution >= 0.6 is 0 Å². The fraction of sp³-hybridized carbons (Fsp3) is 0.273. The Bertz CT molecular complexity index is 467. The van der Waals surface area contributed by atoms with Crippen LogP contribution < -0.4 is 5.73 Å². The van der Waals surface area contributed by atoms with Gasteiger partial charge < -0.3 is 15.6 Å². The van der Waals surface area contributed by atoms with Gasteiger partial charge in [0.2, 0.25) is 0 Å². The topological polar surface area (TPSA) is 89.6 Å². The molecule has 0 fully saturated rings. The van der Waals surface area contributed by atoms with Crippen molar-refractivity contribution in [3.8, 4) is 0 Å². The average molecular weight is 259 g/mol. The molecular formula is C11H11F2NO4. The molecule has 1 aromatic rings. The van der Waals surface area contributed by atoms with Gasteiger partial charge in [0.1, 0.15) is 23.2 Å².